The minimum absolute atomic E-state index is 0. The monoisotopic (exact) mass is 360 g/mol. The second kappa shape index (κ2) is 7.65. The van der Waals surface area contributed by atoms with Crippen molar-refractivity contribution in [3.05, 3.63) is 54.2 Å². The quantitative estimate of drug-likeness (QED) is 0.666. The lowest BCUT2D eigenvalue weighted by Crippen LogP contribution is -2.43. The highest BCUT2D eigenvalue weighted by atomic mass is 35.5. The van der Waals surface area contributed by atoms with Crippen LogP contribution in [0.15, 0.2) is 48.7 Å². The molecule has 1 heterocycles. The van der Waals surface area contributed by atoms with E-state index in [9.17, 15) is 9.90 Å². The Labute approximate surface area is 152 Å². The Morgan fingerprint density at radius 2 is 2.04 bits per heavy atom. The first-order valence-corrected chi connectivity index (χ1v) is 7.75. The molecule has 0 saturated carbocycles. The second-order valence-corrected chi connectivity index (χ2v) is 5.92. The number of hydrogen-bond donors (Lipinski definition) is 3. The van der Waals surface area contributed by atoms with E-state index in [-0.39, 0.29) is 12.4 Å². The summed E-state index contributed by atoms with van der Waals surface area (Å²) in [4.78, 5) is 12.0. The predicted octanol–water partition coefficient (Wildman–Crippen LogP) is 2.40. The number of nitrogens with zero attached hydrogens (tertiary/aromatic N) is 2. The average Bonchev–Trinajstić information content (AvgIpc) is 2.97. The third-order valence-corrected chi connectivity index (χ3v) is 3.91. The zero-order valence-electron chi connectivity index (χ0n) is 14.0. The van der Waals surface area contributed by atoms with Crippen molar-refractivity contribution < 1.29 is 9.90 Å². The zero-order chi connectivity index (χ0) is 17.3. The van der Waals surface area contributed by atoms with Crippen molar-refractivity contribution in [3.8, 4) is 5.69 Å². The standard InChI is InChI=1S/C18H20N4O2.ClH/c1-11-4-3-5-15(8-11)22-16-9-14(7-6-13(16)10-20-22)21-18(24)17(19)12(2)23;/h3-10,12,17,23H,19H2,1-2H3,(H,21,24);1H/t12-,17+;/m1./s1. The number of aliphatic hydroxyl groups is 1. The van der Waals surface area contributed by atoms with Gasteiger partial charge >= 0.3 is 0 Å². The number of anilines is 1. The normalized spacial score (nSPS) is 13.1. The van der Waals surface area contributed by atoms with Gasteiger partial charge in [-0.3, -0.25) is 4.79 Å². The Balaban J connectivity index is 0.00000225. The number of hydrogen-bond acceptors (Lipinski definition) is 4. The van der Waals surface area contributed by atoms with Gasteiger partial charge in [0.25, 0.3) is 0 Å². The molecule has 2 atom stereocenters. The van der Waals surface area contributed by atoms with E-state index < -0.39 is 18.1 Å². The number of rotatable bonds is 4. The molecule has 6 nitrogen and oxygen atoms in total. The summed E-state index contributed by atoms with van der Waals surface area (Å²) >= 11 is 0. The third-order valence-electron chi connectivity index (χ3n) is 3.91. The van der Waals surface area contributed by atoms with Gasteiger partial charge in [0.1, 0.15) is 6.04 Å². The third kappa shape index (κ3) is 3.99. The van der Waals surface area contributed by atoms with Crippen LogP contribution in [0.3, 0.4) is 0 Å². The van der Waals surface area contributed by atoms with Crippen molar-refractivity contribution in [2.75, 3.05) is 5.32 Å². The highest BCUT2D eigenvalue weighted by molar-refractivity contribution is 5.97. The zero-order valence-corrected chi connectivity index (χ0v) is 14.8. The van der Waals surface area contributed by atoms with E-state index in [1.807, 2.05) is 48.0 Å². The van der Waals surface area contributed by atoms with Gasteiger partial charge in [0, 0.05) is 11.1 Å². The van der Waals surface area contributed by atoms with Crippen LogP contribution < -0.4 is 11.1 Å². The SMILES string of the molecule is Cc1cccc(-n2ncc3ccc(NC(=O)[C@@H](N)[C@@H](C)O)cc32)c1.Cl. The van der Waals surface area contributed by atoms with E-state index >= 15 is 0 Å². The lowest BCUT2D eigenvalue weighted by Gasteiger charge is -2.14. The number of nitrogens with one attached hydrogen (secondary N) is 1. The summed E-state index contributed by atoms with van der Waals surface area (Å²) in [5.41, 5.74) is 9.24. The number of benzene rings is 2. The average molecular weight is 361 g/mol. The number of aryl methyl sites for hydroxylation is 1. The largest absolute Gasteiger partial charge is 0.391 e. The maximum Gasteiger partial charge on any atom is 0.243 e. The summed E-state index contributed by atoms with van der Waals surface area (Å²) in [6.45, 7) is 3.51. The van der Waals surface area contributed by atoms with Gasteiger partial charge in [-0.2, -0.15) is 5.10 Å². The maximum atomic E-state index is 12.0. The molecule has 0 fully saturated rings. The summed E-state index contributed by atoms with van der Waals surface area (Å²) < 4.78 is 1.83. The molecule has 1 aromatic heterocycles. The highest BCUT2D eigenvalue weighted by Gasteiger charge is 2.19. The van der Waals surface area contributed by atoms with Gasteiger partial charge < -0.3 is 16.2 Å². The molecule has 4 N–H and O–H groups in total. The molecule has 25 heavy (non-hydrogen) atoms. The summed E-state index contributed by atoms with van der Waals surface area (Å²) in [5.74, 6) is -0.425. The first kappa shape index (κ1) is 18.9. The van der Waals surface area contributed by atoms with Crippen LogP contribution in [-0.2, 0) is 4.79 Å². The fourth-order valence-electron chi connectivity index (χ4n) is 2.51. The van der Waals surface area contributed by atoms with Crippen LogP contribution in [0.25, 0.3) is 16.6 Å². The van der Waals surface area contributed by atoms with Gasteiger partial charge in [-0.15, -0.1) is 12.4 Å². The first-order valence-electron chi connectivity index (χ1n) is 7.75. The van der Waals surface area contributed by atoms with Crippen molar-refractivity contribution in [2.45, 2.75) is 26.0 Å². The second-order valence-electron chi connectivity index (χ2n) is 5.92. The molecule has 3 rings (SSSR count). The van der Waals surface area contributed by atoms with Crippen LogP contribution in [0.4, 0.5) is 5.69 Å². The highest BCUT2D eigenvalue weighted by Crippen LogP contribution is 2.22. The number of carbonyl (C=O) groups is 1. The van der Waals surface area contributed by atoms with Gasteiger partial charge in [-0.05, 0) is 49.7 Å². The number of amides is 1. The summed E-state index contributed by atoms with van der Waals surface area (Å²) in [5, 5.41) is 17.6. The molecule has 1 amide bonds. The molecule has 2 aromatic carbocycles. The van der Waals surface area contributed by atoms with E-state index in [2.05, 4.69) is 10.4 Å². The van der Waals surface area contributed by atoms with E-state index in [0.717, 1.165) is 22.2 Å². The van der Waals surface area contributed by atoms with Crippen molar-refractivity contribution in [1.29, 1.82) is 0 Å². The van der Waals surface area contributed by atoms with Gasteiger partial charge in [0.15, 0.2) is 0 Å². The van der Waals surface area contributed by atoms with Crippen LogP contribution in [0.5, 0.6) is 0 Å². The molecule has 3 aromatic rings. The van der Waals surface area contributed by atoms with Crippen molar-refractivity contribution in [2.24, 2.45) is 5.73 Å². The van der Waals surface area contributed by atoms with Crippen molar-refractivity contribution >= 4 is 34.9 Å². The number of aromatic nitrogens is 2. The van der Waals surface area contributed by atoms with E-state index in [1.165, 1.54) is 6.92 Å². The van der Waals surface area contributed by atoms with Crippen LogP contribution in [-0.4, -0.2) is 32.9 Å². The number of nitrogens with two attached hydrogens (primary N) is 1. The number of aliphatic hydroxyl groups excluding tert-OH is 1. The Morgan fingerprint density at radius 1 is 1.28 bits per heavy atom. The minimum Gasteiger partial charge on any atom is -0.391 e. The van der Waals surface area contributed by atoms with Gasteiger partial charge in [0.05, 0.1) is 23.5 Å². The van der Waals surface area contributed by atoms with Crippen molar-refractivity contribution in [3.63, 3.8) is 0 Å². The molecule has 0 unspecified atom stereocenters. The maximum absolute atomic E-state index is 12.0. The predicted molar refractivity (Wildman–Crippen MR) is 101 cm³/mol. The van der Waals surface area contributed by atoms with Gasteiger partial charge in [-0.25, -0.2) is 4.68 Å². The number of halogens is 1. The fourth-order valence-corrected chi connectivity index (χ4v) is 2.51. The molecule has 0 aliphatic heterocycles. The topological polar surface area (TPSA) is 93.2 Å². The molecule has 0 spiro atoms. The van der Waals surface area contributed by atoms with Gasteiger partial charge in [0.2, 0.25) is 5.91 Å². The summed E-state index contributed by atoms with van der Waals surface area (Å²) in [7, 11) is 0. The summed E-state index contributed by atoms with van der Waals surface area (Å²) in [6, 6.07) is 12.6. The van der Waals surface area contributed by atoms with Crippen LogP contribution in [0, 0.1) is 6.92 Å². The van der Waals surface area contributed by atoms with Gasteiger partial charge in [-0.1, -0.05) is 12.1 Å². The number of carbonyl (C=O) groups excluding carboxylic acids is 1. The number of fused-ring (bicyclic) bond motifs is 1. The molecule has 0 bridgehead atoms. The van der Waals surface area contributed by atoms with Crippen LogP contribution in [0.1, 0.15) is 12.5 Å². The smallest absolute Gasteiger partial charge is 0.243 e. The molecular weight excluding hydrogens is 340 g/mol. The lowest BCUT2D eigenvalue weighted by molar-refractivity contribution is -0.119. The molecule has 0 aliphatic rings. The Kier molecular flexibility index (Phi) is 5.79. The Bertz CT molecular complexity index is 892. The lowest BCUT2D eigenvalue weighted by atomic mass is 10.1. The van der Waals surface area contributed by atoms with Crippen molar-refractivity contribution in [1.82, 2.24) is 9.78 Å². The first-order chi connectivity index (χ1) is 11.5. The fraction of sp³-hybridized carbons (Fsp3) is 0.222. The van der Waals surface area contributed by atoms with Crippen LogP contribution >= 0.6 is 12.4 Å². The molecule has 7 heteroatoms. The van der Waals surface area contributed by atoms with E-state index in [4.69, 9.17) is 5.73 Å². The minimum atomic E-state index is -0.970. The molecular formula is C18H21ClN4O2. The summed E-state index contributed by atoms with van der Waals surface area (Å²) in [6.07, 6.45) is 0.872. The Morgan fingerprint density at radius 3 is 2.72 bits per heavy atom. The Hall–Kier alpha value is -2.41. The molecule has 0 radical (unpaired) electrons. The van der Waals surface area contributed by atoms with E-state index in [1.54, 1.807) is 12.3 Å². The van der Waals surface area contributed by atoms with Crippen LogP contribution in [0.2, 0.25) is 0 Å². The molecule has 0 saturated heterocycles. The molecule has 0 aliphatic carbocycles. The molecule has 132 valence electrons. The van der Waals surface area contributed by atoms with E-state index in [0.29, 0.717) is 5.69 Å².